The fourth-order valence-electron chi connectivity index (χ4n) is 2.54. The van der Waals surface area contributed by atoms with Crippen molar-refractivity contribution in [2.45, 2.75) is 26.7 Å². The lowest BCUT2D eigenvalue weighted by Gasteiger charge is -2.17. The number of hydrogen-bond acceptors (Lipinski definition) is 1. The number of nitrogens with zero attached hydrogens (tertiary/aromatic N) is 1. The van der Waals surface area contributed by atoms with Crippen LogP contribution in [0.5, 0.6) is 0 Å². The topological polar surface area (TPSA) is 3.24 Å². The minimum Gasteiger partial charge on any atom is -0.304 e. The summed E-state index contributed by atoms with van der Waals surface area (Å²) in [6, 6.07) is 19.6. The molecule has 0 aromatic heterocycles. The lowest BCUT2D eigenvalue weighted by molar-refractivity contribution is 0.300. The maximum absolute atomic E-state index is 2.48. The number of rotatable bonds is 7. The molecule has 2 rings (SSSR count). The number of benzene rings is 2. The first-order valence-corrected chi connectivity index (χ1v) is 7.70. The second-order valence-electron chi connectivity index (χ2n) is 5.19. The Kier molecular flexibility index (Phi) is 5.82. The van der Waals surface area contributed by atoms with Gasteiger partial charge < -0.3 is 4.90 Å². The third-order valence-corrected chi connectivity index (χ3v) is 3.90. The van der Waals surface area contributed by atoms with Crippen LogP contribution < -0.4 is 0 Å². The lowest BCUT2D eigenvalue weighted by Crippen LogP contribution is -2.24. The summed E-state index contributed by atoms with van der Waals surface area (Å²) in [6.07, 6.45) is 2.41. The number of aryl methyl sites for hydroxylation is 1. The molecule has 20 heavy (non-hydrogen) atoms. The Hall–Kier alpha value is -1.60. The van der Waals surface area contributed by atoms with E-state index < -0.39 is 0 Å². The van der Waals surface area contributed by atoms with E-state index in [4.69, 9.17) is 0 Å². The molecule has 0 fully saturated rings. The Bertz CT molecular complexity index is 483. The van der Waals surface area contributed by atoms with Gasteiger partial charge in [-0.3, -0.25) is 0 Å². The average Bonchev–Trinajstić information content (AvgIpc) is 2.53. The summed E-state index contributed by atoms with van der Waals surface area (Å²) in [6.45, 7) is 7.98. The zero-order valence-corrected chi connectivity index (χ0v) is 12.7. The fourth-order valence-corrected chi connectivity index (χ4v) is 2.54. The first kappa shape index (κ1) is 14.8. The van der Waals surface area contributed by atoms with Crippen LogP contribution in [0.1, 0.15) is 25.8 Å². The zero-order chi connectivity index (χ0) is 14.2. The Labute approximate surface area is 123 Å². The summed E-state index contributed by atoms with van der Waals surface area (Å²) in [5, 5.41) is 0. The summed E-state index contributed by atoms with van der Waals surface area (Å²) in [5.74, 6) is 0. The minimum atomic E-state index is 1.16. The van der Waals surface area contributed by atoms with Crippen molar-refractivity contribution in [3.63, 3.8) is 0 Å². The van der Waals surface area contributed by atoms with E-state index in [0.717, 1.165) is 13.1 Å². The van der Waals surface area contributed by atoms with Crippen molar-refractivity contribution < 1.29 is 0 Å². The van der Waals surface area contributed by atoms with Crippen LogP contribution in [0.3, 0.4) is 0 Å². The highest BCUT2D eigenvalue weighted by Gasteiger charge is 2.00. The first-order valence-electron chi connectivity index (χ1n) is 7.70. The molecule has 0 aliphatic rings. The molecular weight excluding hydrogens is 242 g/mol. The van der Waals surface area contributed by atoms with E-state index in [1.165, 1.54) is 36.1 Å². The van der Waals surface area contributed by atoms with E-state index in [-0.39, 0.29) is 0 Å². The molecule has 0 amide bonds. The van der Waals surface area contributed by atoms with Gasteiger partial charge in [0.25, 0.3) is 0 Å². The molecule has 0 aliphatic heterocycles. The summed E-state index contributed by atoms with van der Waals surface area (Å²) in [7, 11) is 0. The van der Waals surface area contributed by atoms with E-state index in [2.05, 4.69) is 73.3 Å². The van der Waals surface area contributed by atoms with E-state index >= 15 is 0 Å². The first-order chi connectivity index (χ1) is 9.83. The van der Waals surface area contributed by atoms with Crippen molar-refractivity contribution in [3.05, 3.63) is 60.2 Å². The van der Waals surface area contributed by atoms with Gasteiger partial charge in [-0.1, -0.05) is 68.4 Å². The van der Waals surface area contributed by atoms with Crippen LogP contribution in [-0.2, 0) is 6.42 Å². The second-order valence-corrected chi connectivity index (χ2v) is 5.19. The van der Waals surface area contributed by atoms with Gasteiger partial charge in [0.2, 0.25) is 0 Å². The normalized spacial score (nSPS) is 10.9. The van der Waals surface area contributed by atoms with Crippen LogP contribution in [-0.4, -0.2) is 24.5 Å². The van der Waals surface area contributed by atoms with E-state index in [0.29, 0.717) is 0 Å². The third kappa shape index (κ3) is 4.21. The van der Waals surface area contributed by atoms with Gasteiger partial charge >= 0.3 is 0 Å². The molecule has 0 bridgehead atoms. The highest BCUT2D eigenvalue weighted by Crippen LogP contribution is 2.19. The van der Waals surface area contributed by atoms with Crippen LogP contribution in [0.25, 0.3) is 11.1 Å². The van der Waals surface area contributed by atoms with Gasteiger partial charge in [-0.05, 0) is 49.2 Å². The molecule has 2 aromatic rings. The molecule has 0 saturated carbocycles. The summed E-state index contributed by atoms with van der Waals surface area (Å²) >= 11 is 0. The van der Waals surface area contributed by atoms with Crippen LogP contribution in [0.4, 0.5) is 0 Å². The van der Waals surface area contributed by atoms with Crippen molar-refractivity contribution >= 4 is 0 Å². The molecule has 2 aromatic carbocycles. The van der Waals surface area contributed by atoms with Gasteiger partial charge in [0, 0.05) is 0 Å². The predicted octanol–water partition coefficient (Wildman–Crippen LogP) is 4.63. The lowest BCUT2D eigenvalue weighted by atomic mass is 10.0. The molecule has 0 heterocycles. The average molecular weight is 267 g/mol. The molecule has 1 nitrogen and oxygen atoms in total. The van der Waals surface area contributed by atoms with E-state index in [9.17, 15) is 0 Å². The third-order valence-electron chi connectivity index (χ3n) is 3.90. The molecule has 0 N–H and O–H groups in total. The fraction of sp³-hybridized carbons (Fsp3) is 0.368. The smallest absolute Gasteiger partial charge is 0.00158 e. The Morgan fingerprint density at radius 3 is 1.95 bits per heavy atom. The van der Waals surface area contributed by atoms with Crippen LogP contribution >= 0.6 is 0 Å². The monoisotopic (exact) mass is 267 g/mol. The summed E-state index contributed by atoms with van der Waals surface area (Å²) in [5.41, 5.74) is 4.04. The van der Waals surface area contributed by atoms with Crippen molar-refractivity contribution in [2.75, 3.05) is 19.6 Å². The highest BCUT2D eigenvalue weighted by atomic mass is 15.1. The molecule has 0 unspecified atom stereocenters. The second kappa shape index (κ2) is 7.86. The van der Waals surface area contributed by atoms with Crippen molar-refractivity contribution in [1.29, 1.82) is 0 Å². The van der Waals surface area contributed by atoms with E-state index in [1.807, 2.05) is 0 Å². The highest BCUT2D eigenvalue weighted by molar-refractivity contribution is 5.63. The SMILES string of the molecule is CCN(CC)CCCc1ccc(-c2ccccc2)cc1. The Balaban J connectivity index is 1.89. The minimum absolute atomic E-state index is 1.16. The predicted molar refractivity (Wildman–Crippen MR) is 88.0 cm³/mol. The maximum Gasteiger partial charge on any atom is -0.00158 e. The van der Waals surface area contributed by atoms with Crippen molar-refractivity contribution in [3.8, 4) is 11.1 Å². The molecule has 0 saturated heterocycles. The Morgan fingerprint density at radius 2 is 1.35 bits per heavy atom. The largest absolute Gasteiger partial charge is 0.304 e. The van der Waals surface area contributed by atoms with Gasteiger partial charge in [-0.15, -0.1) is 0 Å². The van der Waals surface area contributed by atoms with Gasteiger partial charge in [-0.2, -0.15) is 0 Å². The van der Waals surface area contributed by atoms with Gasteiger partial charge in [0.1, 0.15) is 0 Å². The van der Waals surface area contributed by atoms with Crippen molar-refractivity contribution in [1.82, 2.24) is 4.90 Å². The Morgan fingerprint density at radius 1 is 0.750 bits per heavy atom. The molecule has 0 atom stereocenters. The quantitative estimate of drug-likeness (QED) is 0.707. The molecule has 0 spiro atoms. The molecule has 0 aliphatic carbocycles. The van der Waals surface area contributed by atoms with Crippen LogP contribution in [0.2, 0.25) is 0 Å². The van der Waals surface area contributed by atoms with Crippen LogP contribution in [0, 0.1) is 0 Å². The van der Waals surface area contributed by atoms with Gasteiger partial charge in [0.05, 0.1) is 0 Å². The molecule has 106 valence electrons. The number of hydrogen-bond donors (Lipinski definition) is 0. The zero-order valence-electron chi connectivity index (χ0n) is 12.7. The van der Waals surface area contributed by atoms with Crippen LogP contribution in [0.15, 0.2) is 54.6 Å². The van der Waals surface area contributed by atoms with Gasteiger partial charge in [0.15, 0.2) is 0 Å². The van der Waals surface area contributed by atoms with E-state index in [1.54, 1.807) is 0 Å². The molecule has 0 radical (unpaired) electrons. The molecule has 1 heteroatoms. The van der Waals surface area contributed by atoms with Crippen molar-refractivity contribution in [2.24, 2.45) is 0 Å². The molecular formula is C19H25N. The standard InChI is InChI=1S/C19H25N/c1-3-20(4-2)16-8-9-17-12-14-19(15-13-17)18-10-6-5-7-11-18/h5-7,10-15H,3-4,8-9,16H2,1-2H3. The maximum atomic E-state index is 2.48. The summed E-state index contributed by atoms with van der Waals surface area (Å²) < 4.78 is 0. The summed E-state index contributed by atoms with van der Waals surface area (Å²) in [4.78, 5) is 2.48. The van der Waals surface area contributed by atoms with Gasteiger partial charge in [-0.25, -0.2) is 0 Å².